The fourth-order valence-electron chi connectivity index (χ4n) is 1.20. The lowest BCUT2D eigenvalue weighted by Crippen LogP contribution is -2.22. The van der Waals surface area contributed by atoms with Gasteiger partial charge in [0.1, 0.15) is 5.01 Å². The summed E-state index contributed by atoms with van der Waals surface area (Å²) in [6, 6.07) is 0. The predicted octanol–water partition coefficient (Wildman–Crippen LogP) is 3.28. The summed E-state index contributed by atoms with van der Waals surface area (Å²) in [5.74, 6) is 0. The molecule has 0 spiro atoms. The van der Waals surface area contributed by atoms with Gasteiger partial charge in [-0.3, -0.25) is 0 Å². The van der Waals surface area contributed by atoms with Gasteiger partial charge >= 0.3 is 0 Å². The zero-order valence-electron chi connectivity index (χ0n) is 10.8. The zero-order valence-corrected chi connectivity index (χ0v) is 12.5. The second-order valence-electron chi connectivity index (χ2n) is 5.05. The molecule has 0 aliphatic rings. The highest BCUT2D eigenvalue weighted by atomic mass is 32.2. The number of nitrogens with zero attached hydrogens (tertiary/aromatic N) is 1. The van der Waals surface area contributed by atoms with Gasteiger partial charge in [0, 0.05) is 29.1 Å². The molecule has 1 atom stereocenters. The SMILES string of the molecule is CSC(C)CNCc1nc(C(C)(C)C)cs1. The zero-order chi connectivity index (χ0) is 12.2. The number of nitrogens with one attached hydrogen (secondary N) is 1. The number of thioether (sulfide) groups is 1. The summed E-state index contributed by atoms with van der Waals surface area (Å²) in [4.78, 5) is 4.65. The maximum atomic E-state index is 4.65. The van der Waals surface area contributed by atoms with E-state index in [1.54, 1.807) is 11.3 Å². The molecule has 1 N–H and O–H groups in total. The van der Waals surface area contributed by atoms with Crippen molar-refractivity contribution in [2.75, 3.05) is 12.8 Å². The molecule has 0 bridgehead atoms. The summed E-state index contributed by atoms with van der Waals surface area (Å²) >= 11 is 3.65. The Hall–Kier alpha value is -0.0600. The van der Waals surface area contributed by atoms with E-state index in [9.17, 15) is 0 Å². The van der Waals surface area contributed by atoms with Crippen LogP contribution in [0.3, 0.4) is 0 Å². The van der Waals surface area contributed by atoms with E-state index in [2.05, 4.69) is 49.6 Å². The fraction of sp³-hybridized carbons (Fsp3) is 0.750. The largest absolute Gasteiger partial charge is 0.309 e. The minimum Gasteiger partial charge on any atom is -0.309 e. The van der Waals surface area contributed by atoms with Crippen LogP contribution >= 0.6 is 23.1 Å². The number of aromatic nitrogens is 1. The van der Waals surface area contributed by atoms with Crippen molar-refractivity contribution in [3.05, 3.63) is 16.1 Å². The number of hydrogen-bond donors (Lipinski definition) is 1. The van der Waals surface area contributed by atoms with E-state index in [0.717, 1.165) is 13.1 Å². The van der Waals surface area contributed by atoms with Crippen molar-refractivity contribution in [1.29, 1.82) is 0 Å². The molecule has 0 aliphatic heterocycles. The number of hydrogen-bond acceptors (Lipinski definition) is 4. The first-order chi connectivity index (χ1) is 7.43. The minimum absolute atomic E-state index is 0.168. The molecule has 92 valence electrons. The molecule has 1 aromatic heterocycles. The van der Waals surface area contributed by atoms with Crippen LogP contribution < -0.4 is 5.32 Å². The first-order valence-electron chi connectivity index (χ1n) is 5.62. The Bertz CT molecular complexity index is 315. The van der Waals surface area contributed by atoms with Gasteiger partial charge in [0.2, 0.25) is 0 Å². The average molecular weight is 258 g/mol. The number of thiazole rings is 1. The maximum absolute atomic E-state index is 4.65. The molecule has 0 amide bonds. The predicted molar refractivity (Wildman–Crippen MR) is 75.5 cm³/mol. The van der Waals surface area contributed by atoms with Gasteiger partial charge in [0.05, 0.1) is 5.69 Å². The quantitative estimate of drug-likeness (QED) is 0.877. The molecule has 1 aromatic rings. The van der Waals surface area contributed by atoms with Crippen molar-refractivity contribution in [2.45, 2.75) is 44.9 Å². The van der Waals surface area contributed by atoms with Gasteiger partial charge in [-0.05, 0) is 6.26 Å². The maximum Gasteiger partial charge on any atom is 0.107 e. The second kappa shape index (κ2) is 6.03. The molecule has 0 saturated heterocycles. The van der Waals surface area contributed by atoms with Gasteiger partial charge in [-0.1, -0.05) is 27.7 Å². The van der Waals surface area contributed by atoms with Gasteiger partial charge < -0.3 is 5.32 Å². The van der Waals surface area contributed by atoms with Crippen molar-refractivity contribution in [3.63, 3.8) is 0 Å². The van der Waals surface area contributed by atoms with Crippen LogP contribution in [0.5, 0.6) is 0 Å². The van der Waals surface area contributed by atoms with Crippen molar-refractivity contribution >= 4 is 23.1 Å². The Kier molecular flexibility index (Phi) is 5.28. The Balaban J connectivity index is 2.41. The molecule has 16 heavy (non-hydrogen) atoms. The van der Waals surface area contributed by atoms with E-state index in [-0.39, 0.29) is 5.41 Å². The van der Waals surface area contributed by atoms with Crippen LogP contribution in [0.1, 0.15) is 38.4 Å². The van der Waals surface area contributed by atoms with Crippen LogP contribution in [0.4, 0.5) is 0 Å². The molecule has 2 nitrogen and oxygen atoms in total. The van der Waals surface area contributed by atoms with Crippen LogP contribution in [-0.2, 0) is 12.0 Å². The number of rotatable bonds is 5. The van der Waals surface area contributed by atoms with E-state index in [1.165, 1.54) is 10.7 Å². The lowest BCUT2D eigenvalue weighted by molar-refractivity contribution is 0.568. The fourth-order valence-corrected chi connectivity index (χ4v) is 2.48. The van der Waals surface area contributed by atoms with Crippen LogP contribution in [0.15, 0.2) is 5.38 Å². The molecular formula is C12H22N2S2. The Morgan fingerprint density at radius 1 is 1.50 bits per heavy atom. The van der Waals surface area contributed by atoms with Crippen molar-refractivity contribution in [2.24, 2.45) is 0 Å². The standard InChI is InChI=1S/C12H22N2S2/c1-9(15-5)6-13-7-11-14-10(8-16-11)12(2,3)4/h8-9,13H,6-7H2,1-5H3. The minimum atomic E-state index is 0.168. The van der Waals surface area contributed by atoms with E-state index in [1.807, 2.05) is 11.8 Å². The van der Waals surface area contributed by atoms with Gasteiger partial charge in [0.15, 0.2) is 0 Å². The topological polar surface area (TPSA) is 24.9 Å². The summed E-state index contributed by atoms with van der Waals surface area (Å²) in [6.07, 6.45) is 2.15. The van der Waals surface area contributed by atoms with E-state index >= 15 is 0 Å². The highest BCUT2D eigenvalue weighted by Gasteiger charge is 2.17. The van der Waals surface area contributed by atoms with E-state index in [4.69, 9.17) is 0 Å². The van der Waals surface area contributed by atoms with Crippen LogP contribution in [0, 0.1) is 0 Å². The average Bonchev–Trinajstić information content (AvgIpc) is 2.65. The first-order valence-corrected chi connectivity index (χ1v) is 7.78. The first kappa shape index (κ1) is 14.0. The van der Waals surface area contributed by atoms with Crippen LogP contribution in [0.2, 0.25) is 0 Å². The molecule has 1 rings (SSSR count). The molecule has 0 fully saturated rings. The molecule has 1 unspecified atom stereocenters. The molecule has 0 saturated carbocycles. The summed E-state index contributed by atoms with van der Waals surface area (Å²) in [6.45, 7) is 10.8. The summed E-state index contributed by atoms with van der Waals surface area (Å²) in [5.41, 5.74) is 1.37. The lowest BCUT2D eigenvalue weighted by atomic mass is 9.93. The molecule has 4 heteroatoms. The molecule has 0 aliphatic carbocycles. The van der Waals surface area contributed by atoms with Gasteiger partial charge in [-0.25, -0.2) is 4.98 Å². The van der Waals surface area contributed by atoms with E-state index < -0.39 is 0 Å². The molecule has 0 aromatic carbocycles. The smallest absolute Gasteiger partial charge is 0.107 e. The van der Waals surface area contributed by atoms with Crippen molar-refractivity contribution in [3.8, 4) is 0 Å². The monoisotopic (exact) mass is 258 g/mol. The lowest BCUT2D eigenvalue weighted by Gasteiger charge is -2.14. The van der Waals surface area contributed by atoms with Gasteiger partial charge in [0.25, 0.3) is 0 Å². The van der Waals surface area contributed by atoms with Crippen molar-refractivity contribution in [1.82, 2.24) is 10.3 Å². The molecule has 0 radical (unpaired) electrons. The van der Waals surface area contributed by atoms with Crippen LogP contribution in [0.25, 0.3) is 0 Å². The summed E-state index contributed by atoms with van der Waals surface area (Å²) in [5, 5.41) is 7.48. The van der Waals surface area contributed by atoms with Gasteiger partial charge in [-0.15, -0.1) is 11.3 Å². The Labute approximate surface area is 107 Å². The summed E-state index contributed by atoms with van der Waals surface area (Å²) in [7, 11) is 0. The van der Waals surface area contributed by atoms with Crippen molar-refractivity contribution < 1.29 is 0 Å². The second-order valence-corrected chi connectivity index (χ2v) is 7.27. The van der Waals surface area contributed by atoms with Crippen LogP contribution in [-0.4, -0.2) is 23.0 Å². The normalized spacial score (nSPS) is 14.1. The highest BCUT2D eigenvalue weighted by molar-refractivity contribution is 7.99. The third kappa shape index (κ3) is 4.44. The Morgan fingerprint density at radius 2 is 2.19 bits per heavy atom. The van der Waals surface area contributed by atoms with Gasteiger partial charge in [-0.2, -0.15) is 11.8 Å². The molecule has 1 heterocycles. The Morgan fingerprint density at radius 3 is 2.69 bits per heavy atom. The summed E-state index contributed by atoms with van der Waals surface area (Å²) < 4.78 is 0. The molecular weight excluding hydrogens is 236 g/mol. The van der Waals surface area contributed by atoms with E-state index in [0.29, 0.717) is 5.25 Å². The highest BCUT2D eigenvalue weighted by Crippen LogP contribution is 2.23. The third-order valence-corrected chi connectivity index (χ3v) is 4.25. The third-order valence-electron chi connectivity index (χ3n) is 2.43.